The summed E-state index contributed by atoms with van der Waals surface area (Å²) in [4.78, 5) is 14.6. The van der Waals surface area contributed by atoms with Crippen molar-refractivity contribution < 1.29 is 14.8 Å². The third kappa shape index (κ3) is 3.35. The van der Waals surface area contributed by atoms with Gasteiger partial charge in [-0.1, -0.05) is 13.0 Å². The number of nitrogens with zero attached hydrogens (tertiary/aromatic N) is 2. The fraction of sp³-hybridized carbons (Fsp3) is 0.267. The highest BCUT2D eigenvalue weighted by molar-refractivity contribution is 5.49. The van der Waals surface area contributed by atoms with Gasteiger partial charge in [-0.05, 0) is 31.5 Å². The highest BCUT2D eigenvalue weighted by Crippen LogP contribution is 2.30. The largest absolute Gasteiger partial charge is 0.455 e. The number of ether oxygens (including phenoxy) is 1. The van der Waals surface area contributed by atoms with Gasteiger partial charge in [0.05, 0.1) is 28.5 Å². The van der Waals surface area contributed by atoms with Crippen molar-refractivity contribution >= 4 is 5.69 Å². The Morgan fingerprint density at radius 2 is 2.14 bits per heavy atom. The lowest BCUT2D eigenvalue weighted by Crippen LogP contribution is -1.99. The predicted molar refractivity (Wildman–Crippen MR) is 77.4 cm³/mol. The van der Waals surface area contributed by atoms with Gasteiger partial charge in [0.15, 0.2) is 0 Å². The summed E-state index contributed by atoms with van der Waals surface area (Å²) in [6.07, 6.45) is 1.47. The summed E-state index contributed by atoms with van der Waals surface area (Å²) in [6, 6.07) is 8.02. The molecule has 21 heavy (non-hydrogen) atoms. The molecule has 2 aromatic rings. The van der Waals surface area contributed by atoms with E-state index in [1.807, 2.05) is 6.92 Å². The SMILES string of the molecule is CC[C@H](O)c1ccc(Oc2cccc([N+](=O)[O-])c2C)cn1. The molecular weight excluding hydrogens is 272 g/mol. The molecule has 1 aromatic heterocycles. The van der Waals surface area contributed by atoms with E-state index in [9.17, 15) is 15.2 Å². The summed E-state index contributed by atoms with van der Waals surface area (Å²) in [7, 11) is 0. The first kappa shape index (κ1) is 14.9. The van der Waals surface area contributed by atoms with Crippen LogP contribution >= 0.6 is 0 Å². The molecule has 6 heteroatoms. The van der Waals surface area contributed by atoms with Gasteiger partial charge in [0.25, 0.3) is 5.69 Å². The molecule has 0 spiro atoms. The molecule has 0 amide bonds. The monoisotopic (exact) mass is 288 g/mol. The second-order valence-corrected chi connectivity index (χ2v) is 4.60. The maximum atomic E-state index is 10.9. The first-order chi connectivity index (χ1) is 10.0. The number of rotatable bonds is 5. The van der Waals surface area contributed by atoms with Gasteiger partial charge >= 0.3 is 0 Å². The molecule has 0 bridgehead atoms. The van der Waals surface area contributed by atoms with Crippen LogP contribution < -0.4 is 4.74 Å². The Labute approximate surface area is 122 Å². The number of aliphatic hydroxyl groups is 1. The van der Waals surface area contributed by atoms with Crippen LogP contribution in [0.5, 0.6) is 11.5 Å². The lowest BCUT2D eigenvalue weighted by Gasteiger charge is -2.10. The normalized spacial score (nSPS) is 12.0. The summed E-state index contributed by atoms with van der Waals surface area (Å²) in [6.45, 7) is 3.50. The number of aromatic nitrogens is 1. The van der Waals surface area contributed by atoms with Crippen LogP contribution in [0.2, 0.25) is 0 Å². The van der Waals surface area contributed by atoms with E-state index >= 15 is 0 Å². The molecule has 110 valence electrons. The number of nitro benzene ring substituents is 1. The van der Waals surface area contributed by atoms with Crippen LogP contribution in [0.1, 0.15) is 30.7 Å². The van der Waals surface area contributed by atoms with Crippen molar-refractivity contribution in [1.29, 1.82) is 0 Å². The average Bonchev–Trinajstić information content (AvgIpc) is 2.49. The summed E-state index contributed by atoms with van der Waals surface area (Å²) in [5.74, 6) is 0.875. The molecule has 1 aromatic carbocycles. The molecule has 0 radical (unpaired) electrons. The van der Waals surface area contributed by atoms with Crippen molar-refractivity contribution in [2.24, 2.45) is 0 Å². The van der Waals surface area contributed by atoms with Crippen LogP contribution in [0.3, 0.4) is 0 Å². The van der Waals surface area contributed by atoms with Gasteiger partial charge in [-0.2, -0.15) is 0 Å². The van der Waals surface area contributed by atoms with Crippen molar-refractivity contribution in [3.8, 4) is 11.5 Å². The zero-order chi connectivity index (χ0) is 15.4. The summed E-state index contributed by atoms with van der Waals surface area (Å²) >= 11 is 0. The van der Waals surface area contributed by atoms with Crippen LogP contribution in [-0.2, 0) is 0 Å². The molecular formula is C15H16N2O4. The van der Waals surface area contributed by atoms with Crippen LogP contribution in [0.15, 0.2) is 36.5 Å². The van der Waals surface area contributed by atoms with E-state index < -0.39 is 11.0 Å². The number of hydrogen-bond acceptors (Lipinski definition) is 5. The minimum Gasteiger partial charge on any atom is -0.455 e. The molecule has 0 fully saturated rings. The Morgan fingerprint density at radius 1 is 1.38 bits per heavy atom. The molecule has 6 nitrogen and oxygen atoms in total. The summed E-state index contributed by atoms with van der Waals surface area (Å²) < 4.78 is 5.62. The Morgan fingerprint density at radius 3 is 2.71 bits per heavy atom. The quantitative estimate of drug-likeness (QED) is 0.672. The lowest BCUT2D eigenvalue weighted by atomic mass is 10.2. The first-order valence-electron chi connectivity index (χ1n) is 6.58. The van der Waals surface area contributed by atoms with E-state index in [-0.39, 0.29) is 5.69 Å². The molecule has 0 aliphatic heterocycles. The van der Waals surface area contributed by atoms with Crippen LogP contribution in [-0.4, -0.2) is 15.0 Å². The lowest BCUT2D eigenvalue weighted by molar-refractivity contribution is -0.385. The maximum Gasteiger partial charge on any atom is 0.276 e. The van der Waals surface area contributed by atoms with Crippen molar-refractivity contribution in [3.05, 3.63) is 57.9 Å². The molecule has 2 rings (SSSR count). The second kappa shape index (κ2) is 6.32. The van der Waals surface area contributed by atoms with Gasteiger partial charge in [0.2, 0.25) is 0 Å². The predicted octanol–water partition coefficient (Wildman–Crippen LogP) is 3.53. The fourth-order valence-electron chi connectivity index (χ4n) is 1.90. The van der Waals surface area contributed by atoms with Crippen LogP contribution in [0, 0.1) is 17.0 Å². The highest BCUT2D eigenvalue weighted by Gasteiger charge is 2.15. The highest BCUT2D eigenvalue weighted by atomic mass is 16.6. The van der Waals surface area contributed by atoms with Gasteiger partial charge in [0, 0.05) is 6.07 Å². The zero-order valence-electron chi connectivity index (χ0n) is 11.8. The van der Waals surface area contributed by atoms with E-state index in [0.29, 0.717) is 29.2 Å². The third-order valence-corrected chi connectivity index (χ3v) is 3.17. The standard InChI is InChI=1S/C15H16N2O4/c1-3-14(18)12-8-7-11(9-16-12)21-15-6-4-5-13(10(15)2)17(19)20/h4-9,14,18H,3H2,1-2H3/t14-/m0/s1. The smallest absolute Gasteiger partial charge is 0.276 e. The van der Waals surface area contributed by atoms with Gasteiger partial charge in [-0.3, -0.25) is 15.1 Å². The molecule has 0 saturated heterocycles. The van der Waals surface area contributed by atoms with Gasteiger partial charge in [-0.15, -0.1) is 0 Å². The van der Waals surface area contributed by atoms with Crippen molar-refractivity contribution in [1.82, 2.24) is 4.98 Å². The van der Waals surface area contributed by atoms with Crippen LogP contribution in [0.4, 0.5) is 5.69 Å². The average molecular weight is 288 g/mol. The minimum atomic E-state index is -0.599. The third-order valence-electron chi connectivity index (χ3n) is 3.17. The van der Waals surface area contributed by atoms with Crippen molar-refractivity contribution in [3.63, 3.8) is 0 Å². The fourth-order valence-corrected chi connectivity index (χ4v) is 1.90. The minimum absolute atomic E-state index is 0.0125. The van der Waals surface area contributed by atoms with Crippen molar-refractivity contribution in [2.45, 2.75) is 26.4 Å². The maximum absolute atomic E-state index is 10.9. The van der Waals surface area contributed by atoms with E-state index in [1.165, 1.54) is 12.3 Å². The molecule has 1 atom stereocenters. The van der Waals surface area contributed by atoms with Gasteiger partial charge in [0.1, 0.15) is 11.5 Å². The Bertz CT molecular complexity index is 641. The Balaban J connectivity index is 2.22. The molecule has 1 heterocycles. The number of nitro groups is 1. The van der Waals surface area contributed by atoms with E-state index in [2.05, 4.69) is 4.98 Å². The molecule has 1 N–H and O–H groups in total. The van der Waals surface area contributed by atoms with E-state index in [4.69, 9.17) is 4.74 Å². The molecule has 0 unspecified atom stereocenters. The summed E-state index contributed by atoms with van der Waals surface area (Å²) in [5.41, 5.74) is 1.04. The number of pyridine rings is 1. The molecule has 0 aliphatic rings. The number of benzene rings is 1. The Kier molecular flexibility index (Phi) is 4.49. The second-order valence-electron chi connectivity index (χ2n) is 4.60. The Hall–Kier alpha value is -2.47. The van der Waals surface area contributed by atoms with Crippen LogP contribution in [0.25, 0.3) is 0 Å². The van der Waals surface area contributed by atoms with Crippen molar-refractivity contribution in [2.75, 3.05) is 0 Å². The van der Waals surface area contributed by atoms with Gasteiger partial charge in [-0.25, -0.2) is 0 Å². The van der Waals surface area contributed by atoms with E-state index in [1.54, 1.807) is 31.2 Å². The molecule has 0 aliphatic carbocycles. The summed E-state index contributed by atoms with van der Waals surface area (Å²) in [5, 5.41) is 20.6. The number of aliphatic hydroxyl groups excluding tert-OH is 1. The number of hydrogen-bond donors (Lipinski definition) is 1. The zero-order valence-corrected chi connectivity index (χ0v) is 11.8. The topological polar surface area (TPSA) is 85.5 Å². The molecule has 0 saturated carbocycles. The first-order valence-corrected chi connectivity index (χ1v) is 6.58. The van der Waals surface area contributed by atoms with E-state index in [0.717, 1.165) is 0 Å². The van der Waals surface area contributed by atoms with Gasteiger partial charge < -0.3 is 9.84 Å².